The van der Waals surface area contributed by atoms with E-state index in [1.165, 1.54) is 0 Å². The SMILES string of the molecule is Cc1cccc(C(=O)N2CCCC3C(=O)NCC32)c1Br. The van der Waals surface area contributed by atoms with Crippen LogP contribution in [-0.2, 0) is 4.79 Å². The Balaban J connectivity index is 1.90. The summed E-state index contributed by atoms with van der Waals surface area (Å²) in [4.78, 5) is 26.4. The average molecular weight is 337 g/mol. The maximum atomic E-state index is 12.8. The molecule has 0 spiro atoms. The van der Waals surface area contributed by atoms with Crippen LogP contribution in [0.3, 0.4) is 0 Å². The number of nitrogens with zero attached hydrogens (tertiary/aromatic N) is 1. The van der Waals surface area contributed by atoms with Gasteiger partial charge in [-0.05, 0) is 47.3 Å². The predicted octanol–water partition coefficient (Wildman–Crippen LogP) is 2.11. The number of hydrogen-bond acceptors (Lipinski definition) is 2. The van der Waals surface area contributed by atoms with Crippen LogP contribution >= 0.6 is 15.9 Å². The maximum Gasteiger partial charge on any atom is 0.255 e. The van der Waals surface area contributed by atoms with E-state index in [1.54, 1.807) is 0 Å². The minimum absolute atomic E-state index is 0.0103. The highest BCUT2D eigenvalue weighted by Gasteiger charge is 2.42. The third-order valence-corrected chi connectivity index (χ3v) is 5.34. The number of nitrogens with one attached hydrogen (secondary N) is 1. The van der Waals surface area contributed by atoms with Crippen molar-refractivity contribution in [1.29, 1.82) is 0 Å². The third-order valence-electron chi connectivity index (χ3n) is 4.28. The van der Waals surface area contributed by atoms with E-state index < -0.39 is 0 Å². The van der Waals surface area contributed by atoms with Crippen LogP contribution in [0.4, 0.5) is 0 Å². The molecule has 3 rings (SSSR count). The Labute approximate surface area is 126 Å². The maximum absolute atomic E-state index is 12.8. The fraction of sp³-hybridized carbons (Fsp3) is 0.467. The lowest BCUT2D eigenvalue weighted by molar-refractivity contribution is -0.123. The lowest BCUT2D eigenvalue weighted by Gasteiger charge is -2.36. The molecule has 0 aliphatic carbocycles. The van der Waals surface area contributed by atoms with Gasteiger partial charge in [0.05, 0.1) is 17.5 Å². The first-order chi connectivity index (χ1) is 9.59. The normalized spacial score (nSPS) is 25.3. The van der Waals surface area contributed by atoms with Gasteiger partial charge in [0.2, 0.25) is 5.91 Å². The van der Waals surface area contributed by atoms with Crippen LogP contribution < -0.4 is 5.32 Å². The van der Waals surface area contributed by atoms with Gasteiger partial charge >= 0.3 is 0 Å². The lowest BCUT2D eigenvalue weighted by atomic mass is 9.91. The molecule has 5 heteroatoms. The van der Waals surface area contributed by atoms with Crippen LogP contribution in [0.5, 0.6) is 0 Å². The van der Waals surface area contributed by atoms with Crippen LogP contribution in [0.25, 0.3) is 0 Å². The molecule has 2 saturated heterocycles. The van der Waals surface area contributed by atoms with Crippen LogP contribution in [-0.4, -0.2) is 35.8 Å². The zero-order valence-electron chi connectivity index (χ0n) is 11.4. The minimum Gasteiger partial charge on any atom is -0.354 e. The van der Waals surface area contributed by atoms with Crippen LogP contribution in [0.15, 0.2) is 22.7 Å². The van der Waals surface area contributed by atoms with E-state index in [4.69, 9.17) is 0 Å². The number of hydrogen-bond donors (Lipinski definition) is 1. The third kappa shape index (κ3) is 2.14. The molecule has 2 aliphatic rings. The monoisotopic (exact) mass is 336 g/mol. The second-order valence-electron chi connectivity index (χ2n) is 5.50. The van der Waals surface area contributed by atoms with Gasteiger partial charge in [0.1, 0.15) is 0 Å². The zero-order chi connectivity index (χ0) is 14.3. The summed E-state index contributed by atoms with van der Waals surface area (Å²) in [6.07, 6.45) is 1.78. The Hall–Kier alpha value is -1.36. The molecule has 1 aromatic rings. The molecular formula is C15H17BrN2O2. The van der Waals surface area contributed by atoms with Crippen molar-refractivity contribution < 1.29 is 9.59 Å². The number of piperidine rings is 1. The minimum atomic E-state index is -0.0312. The summed E-state index contributed by atoms with van der Waals surface area (Å²) in [5, 5.41) is 2.88. The Morgan fingerprint density at radius 3 is 3.05 bits per heavy atom. The van der Waals surface area contributed by atoms with Crippen LogP contribution in [0.2, 0.25) is 0 Å². The van der Waals surface area contributed by atoms with Gasteiger partial charge in [0.25, 0.3) is 5.91 Å². The Morgan fingerprint density at radius 2 is 2.25 bits per heavy atom. The Bertz CT molecular complexity index is 573. The molecule has 4 nitrogen and oxygen atoms in total. The molecule has 2 atom stereocenters. The summed E-state index contributed by atoms with van der Waals surface area (Å²) in [5.41, 5.74) is 1.73. The number of carbonyl (C=O) groups excluding carboxylic acids is 2. The lowest BCUT2D eigenvalue weighted by Crippen LogP contribution is -2.48. The summed E-state index contributed by atoms with van der Waals surface area (Å²) in [6, 6.07) is 5.72. The van der Waals surface area contributed by atoms with Crippen molar-refractivity contribution in [3.8, 4) is 0 Å². The molecule has 1 aromatic carbocycles. The first-order valence-corrected chi connectivity index (χ1v) is 7.72. The number of likely N-dealkylation sites (tertiary alicyclic amines) is 1. The van der Waals surface area contributed by atoms with E-state index >= 15 is 0 Å². The van der Waals surface area contributed by atoms with E-state index in [0.717, 1.165) is 29.4 Å². The van der Waals surface area contributed by atoms with Crippen LogP contribution in [0.1, 0.15) is 28.8 Å². The number of fused-ring (bicyclic) bond motifs is 1. The van der Waals surface area contributed by atoms with E-state index in [9.17, 15) is 9.59 Å². The van der Waals surface area contributed by atoms with Gasteiger partial charge in [-0.2, -0.15) is 0 Å². The number of aryl methyl sites for hydroxylation is 1. The quantitative estimate of drug-likeness (QED) is 0.853. The van der Waals surface area contributed by atoms with Crippen molar-refractivity contribution in [1.82, 2.24) is 10.2 Å². The Morgan fingerprint density at radius 1 is 1.45 bits per heavy atom. The molecule has 2 unspecified atom stereocenters. The molecule has 0 saturated carbocycles. The molecule has 0 bridgehead atoms. The number of amides is 2. The fourth-order valence-electron chi connectivity index (χ4n) is 3.17. The molecule has 2 amide bonds. The van der Waals surface area contributed by atoms with Crippen molar-refractivity contribution in [2.45, 2.75) is 25.8 Å². The molecule has 1 N–H and O–H groups in total. The van der Waals surface area contributed by atoms with Gasteiger partial charge in [-0.1, -0.05) is 12.1 Å². The summed E-state index contributed by atoms with van der Waals surface area (Å²) in [6.45, 7) is 3.29. The Kier molecular flexibility index (Phi) is 3.54. The first kappa shape index (κ1) is 13.6. The predicted molar refractivity (Wildman–Crippen MR) is 79.4 cm³/mol. The molecule has 2 heterocycles. The van der Waals surface area contributed by atoms with E-state index in [2.05, 4.69) is 21.2 Å². The van der Waals surface area contributed by atoms with E-state index in [-0.39, 0.29) is 23.8 Å². The largest absolute Gasteiger partial charge is 0.354 e. The van der Waals surface area contributed by atoms with Crippen molar-refractivity contribution in [2.75, 3.05) is 13.1 Å². The van der Waals surface area contributed by atoms with Gasteiger partial charge in [0.15, 0.2) is 0 Å². The number of halogens is 1. The highest BCUT2D eigenvalue weighted by molar-refractivity contribution is 9.10. The van der Waals surface area contributed by atoms with Crippen molar-refractivity contribution in [3.63, 3.8) is 0 Å². The molecular weight excluding hydrogens is 320 g/mol. The highest BCUT2D eigenvalue weighted by Crippen LogP contribution is 2.30. The number of carbonyl (C=O) groups is 2. The van der Waals surface area contributed by atoms with E-state index in [1.807, 2.05) is 30.0 Å². The second-order valence-corrected chi connectivity index (χ2v) is 6.29. The topological polar surface area (TPSA) is 49.4 Å². The molecule has 2 fully saturated rings. The van der Waals surface area contributed by atoms with Gasteiger partial charge < -0.3 is 10.2 Å². The van der Waals surface area contributed by atoms with Crippen molar-refractivity contribution in [2.24, 2.45) is 5.92 Å². The second kappa shape index (κ2) is 5.20. The summed E-state index contributed by atoms with van der Waals surface area (Å²) >= 11 is 3.50. The first-order valence-electron chi connectivity index (χ1n) is 6.93. The van der Waals surface area contributed by atoms with Gasteiger partial charge in [0, 0.05) is 17.6 Å². The van der Waals surface area contributed by atoms with Crippen LogP contribution in [0, 0.1) is 12.8 Å². The van der Waals surface area contributed by atoms with Crippen molar-refractivity contribution >= 4 is 27.7 Å². The molecule has 2 aliphatic heterocycles. The van der Waals surface area contributed by atoms with Gasteiger partial charge in [-0.25, -0.2) is 0 Å². The summed E-state index contributed by atoms with van der Waals surface area (Å²) in [7, 11) is 0. The van der Waals surface area contributed by atoms with E-state index in [0.29, 0.717) is 12.1 Å². The van der Waals surface area contributed by atoms with Gasteiger partial charge in [-0.3, -0.25) is 9.59 Å². The zero-order valence-corrected chi connectivity index (χ0v) is 12.9. The highest BCUT2D eigenvalue weighted by atomic mass is 79.9. The average Bonchev–Trinajstić information content (AvgIpc) is 2.83. The molecule has 0 aromatic heterocycles. The standard InChI is InChI=1S/C15H17BrN2O2/c1-9-4-2-5-11(13(9)16)15(20)18-7-3-6-10-12(18)8-17-14(10)19/h2,4-5,10,12H,3,6-8H2,1H3,(H,17,19). The fourth-order valence-corrected chi connectivity index (χ4v) is 3.60. The summed E-state index contributed by atoms with van der Waals surface area (Å²) in [5.74, 6) is 0.0823. The molecule has 0 radical (unpaired) electrons. The summed E-state index contributed by atoms with van der Waals surface area (Å²) < 4.78 is 0.851. The number of benzene rings is 1. The van der Waals surface area contributed by atoms with Gasteiger partial charge in [-0.15, -0.1) is 0 Å². The number of rotatable bonds is 1. The molecule has 106 valence electrons. The van der Waals surface area contributed by atoms with Crippen molar-refractivity contribution in [3.05, 3.63) is 33.8 Å². The molecule has 20 heavy (non-hydrogen) atoms. The smallest absolute Gasteiger partial charge is 0.255 e.